The fourth-order valence-electron chi connectivity index (χ4n) is 2.96. The summed E-state index contributed by atoms with van der Waals surface area (Å²) in [6, 6.07) is 13.5. The first-order chi connectivity index (χ1) is 13.7. The highest BCUT2D eigenvalue weighted by Gasteiger charge is 2.30. The van der Waals surface area contributed by atoms with Gasteiger partial charge in [-0.05, 0) is 23.4 Å². The highest BCUT2D eigenvalue weighted by molar-refractivity contribution is 7.20. The fraction of sp³-hybridized carbons (Fsp3) is 0.211. The molecule has 1 aromatic carbocycles. The summed E-state index contributed by atoms with van der Waals surface area (Å²) in [6.07, 6.45) is 0.715. The molecule has 4 N–H and O–H groups in total. The average Bonchev–Trinajstić information content (AvgIpc) is 3.47. The molecule has 0 saturated carbocycles. The average molecular weight is 414 g/mol. The van der Waals surface area contributed by atoms with E-state index in [0.717, 1.165) is 15.4 Å². The third-order valence-electron chi connectivity index (χ3n) is 4.37. The van der Waals surface area contributed by atoms with Gasteiger partial charge in [-0.15, -0.1) is 22.7 Å². The Morgan fingerprint density at radius 2 is 1.93 bits per heavy atom. The molecule has 1 saturated heterocycles. The molecule has 3 heterocycles. The molecule has 0 spiro atoms. The molecule has 1 fully saturated rings. The summed E-state index contributed by atoms with van der Waals surface area (Å²) in [6.45, 7) is 0. The number of amides is 2. The van der Waals surface area contributed by atoms with Crippen molar-refractivity contribution in [2.75, 3.05) is 0 Å². The topological polar surface area (TPSA) is 95.2 Å². The van der Waals surface area contributed by atoms with E-state index >= 15 is 0 Å². The van der Waals surface area contributed by atoms with Gasteiger partial charge in [-0.2, -0.15) is 0 Å². The molecule has 144 valence electrons. The van der Waals surface area contributed by atoms with Crippen LogP contribution in [0.1, 0.15) is 23.7 Å². The predicted molar refractivity (Wildman–Crippen MR) is 109 cm³/mol. The first-order valence-electron chi connectivity index (χ1n) is 8.82. The number of thiophene rings is 1. The van der Waals surface area contributed by atoms with Crippen LogP contribution in [-0.4, -0.2) is 22.8 Å². The maximum absolute atomic E-state index is 12.3. The summed E-state index contributed by atoms with van der Waals surface area (Å²) < 4.78 is 0. The SMILES string of the molecule is O=C(Cc1csc(-c2cccs2)n1)NNC(=O)C1CC(c2ccccc2)NN1. The lowest BCUT2D eigenvalue weighted by atomic mass is 10.0. The quantitative estimate of drug-likeness (QED) is 0.481. The van der Waals surface area contributed by atoms with Gasteiger partial charge in [-0.25, -0.2) is 15.8 Å². The van der Waals surface area contributed by atoms with Crippen molar-refractivity contribution in [3.05, 3.63) is 64.5 Å². The second kappa shape index (κ2) is 8.61. The van der Waals surface area contributed by atoms with Crippen LogP contribution >= 0.6 is 22.7 Å². The maximum Gasteiger partial charge on any atom is 0.256 e. The Bertz CT molecular complexity index is 942. The summed E-state index contributed by atoms with van der Waals surface area (Å²) >= 11 is 3.12. The van der Waals surface area contributed by atoms with Crippen LogP contribution in [0.3, 0.4) is 0 Å². The summed E-state index contributed by atoms with van der Waals surface area (Å²) in [4.78, 5) is 30.0. The predicted octanol–water partition coefficient (Wildman–Crippen LogP) is 2.17. The smallest absolute Gasteiger partial charge is 0.256 e. The number of hydrogen-bond acceptors (Lipinski definition) is 7. The Kier molecular flexibility index (Phi) is 5.77. The second-order valence-electron chi connectivity index (χ2n) is 6.38. The molecular formula is C19H19N5O2S2. The lowest BCUT2D eigenvalue weighted by molar-refractivity contribution is -0.129. The zero-order valence-electron chi connectivity index (χ0n) is 14.8. The lowest BCUT2D eigenvalue weighted by Crippen LogP contribution is -2.50. The van der Waals surface area contributed by atoms with Gasteiger partial charge < -0.3 is 0 Å². The highest BCUT2D eigenvalue weighted by atomic mass is 32.1. The van der Waals surface area contributed by atoms with E-state index < -0.39 is 6.04 Å². The molecule has 2 aromatic heterocycles. The van der Waals surface area contributed by atoms with Gasteiger partial charge in [-0.3, -0.25) is 20.4 Å². The summed E-state index contributed by atoms with van der Waals surface area (Å²) in [5.74, 6) is -0.584. The van der Waals surface area contributed by atoms with E-state index in [2.05, 4.69) is 26.7 Å². The number of carbonyl (C=O) groups is 2. The minimum Gasteiger partial charge on any atom is -0.273 e. The van der Waals surface area contributed by atoms with E-state index in [1.807, 2.05) is 53.2 Å². The van der Waals surface area contributed by atoms with Crippen molar-refractivity contribution in [3.8, 4) is 9.88 Å². The van der Waals surface area contributed by atoms with Crippen LogP contribution in [0.15, 0.2) is 53.2 Å². The van der Waals surface area contributed by atoms with Crippen LogP contribution in [0.5, 0.6) is 0 Å². The molecule has 2 unspecified atom stereocenters. The molecule has 28 heavy (non-hydrogen) atoms. The summed E-state index contributed by atoms with van der Waals surface area (Å²) in [5.41, 5.74) is 12.8. The highest BCUT2D eigenvalue weighted by Crippen LogP contribution is 2.27. The van der Waals surface area contributed by atoms with Crippen molar-refractivity contribution in [2.45, 2.75) is 24.9 Å². The second-order valence-corrected chi connectivity index (χ2v) is 8.18. The van der Waals surface area contributed by atoms with Crippen molar-refractivity contribution in [2.24, 2.45) is 0 Å². The molecule has 0 radical (unpaired) electrons. The summed E-state index contributed by atoms with van der Waals surface area (Å²) in [5, 5.41) is 4.76. The van der Waals surface area contributed by atoms with Crippen molar-refractivity contribution < 1.29 is 9.59 Å². The number of carbonyl (C=O) groups excluding carboxylic acids is 2. The molecule has 4 rings (SSSR count). The fourth-order valence-corrected chi connectivity index (χ4v) is 4.59. The number of aromatic nitrogens is 1. The maximum atomic E-state index is 12.3. The Morgan fingerprint density at radius 1 is 1.07 bits per heavy atom. The van der Waals surface area contributed by atoms with Crippen LogP contribution in [0.25, 0.3) is 9.88 Å². The number of nitrogens with one attached hydrogen (secondary N) is 4. The van der Waals surface area contributed by atoms with Gasteiger partial charge in [0.1, 0.15) is 11.0 Å². The molecule has 3 aromatic rings. The van der Waals surface area contributed by atoms with Crippen LogP contribution in [0, 0.1) is 0 Å². The molecule has 0 bridgehead atoms. The Labute approximate surface area is 170 Å². The zero-order chi connectivity index (χ0) is 19.3. The van der Waals surface area contributed by atoms with Crippen molar-refractivity contribution in [1.82, 2.24) is 26.7 Å². The Hall–Kier alpha value is -2.59. The number of rotatable bonds is 5. The zero-order valence-corrected chi connectivity index (χ0v) is 16.5. The molecule has 1 aliphatic heterocycles. The summed E-state index contributed by atoms with van der Waals surface area (Å²) in [7, 11) is 0. The van der Waals surface area contributed by atoms with Crippen LogP contribution < -0.4 is 21.7 Å². The first kappa shape index (κ1) is 18.8. The molecule has 9 heteroatoms. The lowest BCUT2D eigenvalue weighted by Gasteiger charge is -2.11. The van der Waals surface area contributed by atoms with Crippen molar-refractivity contribution in [3.63, 3.8) is 0 Å². The Morgan fingerprint density at radius 3 is 2.71 bits per heavy atom. The number of hydrazine groups is 2. The third-order valence-corrected chi connectivity index (χ3v) is 6.30. The van der Waals surface area contributed by atoms with Gasteiger partial charge >= 0.3 is 0 Å². The van der Waals surface area contributed by atoms with Crippen LogP contribution in [0.4, 0.5) is 0 Å². The molecule has 2 amide bonds. The van der Waals surface area contributed by atoms with Gasteiger partial charge in [0.2, 0.25) is 5.91 Å². The van der Waals surface area contributed by atoms with E-state index in [-0.39, 0.29) is 24.3 Å². The van der Waals surface area contributed by atoms with Gasteiger partial charge in [0.25, 0.3) is 5.91 Å². The van der Waals surface area contributed by atoms with Crippen molar-refractivity contribution >= 4 is 34.5 Å². The van der Waals surface area contributed by atoms with E-state index in [4.69, 9.17) is 0 Å². The van der Waals surface area contributed by atoms with Crippen LogP contribution in [-0.2, 0) is 16.0 Å². The standard InChI is InChI=1S/C19H19N5O2S2/c25-17(9-13-11-28-19(20-13)16-7-4-8-27-16)23-24-18(26)15-10-14(21-22-15)12-5-2-1-3-6-12/h1-8,11,14-15,21-22H,9-10H2,(H,23,25)(H,24,26). The van der Waals surface area contributed by atoms with Gasteiger partial charge in [0, 0.05) is 11.4 Å². The molecule has 7 nitrogen and oxygen atoms in total. The molecule has 0 aliphatic carbocycles. The number of benzene rings is 1. The normalized spacial score (nSPS) is 18.7. The van der Waals surface area contributed by atoms with E-state index in [1.165, 1.54) is 11.3 Å². The molecular weight excluding hydrogens is 394 g/mol. The number of hydrogen-bond donors (Lipinski definition) is 4. The number of nitrogens with zero attached hydrogens (tertiary/aromatic N) is 1. The number of thiazole rings is 1. The first-order valence-corrected chi connectivity index (χ1v) is 10.6. The van der Waals surface area contributed by atoms with E-state index in [9.17, 15) is 9.59 Å². The largest absolute Gasteiger partial charge is 0.273 e. The van der Waals surface area contributed by atoms with E-state index in [0.29, 0.717) is 12.1 Å². The van der Waals surface area contributed by atoms with Crippen molar-refractivity contribution in [1.29, 1.82) is 0 Å². The van der Waals surface area contributed by atoms with Gasteiger partial charge in [-0.1, -0.05) is 36.4 Å². The minimum absolute atomic E-state index is 0.0540. The molecule has 1 aliphatic rings. The molecule has 2 atom stereocenters. The van der Waals surface area contributed by atoms with Crippen LogP contribution in [0.2, 0.25) is 0 Å². The Balaban J connectivity index is 1.24. The van der Waals surface area contributed by atoms with E-state index in [1.54, 1.807) is 11.3 Å². The minimum atomic E-state index is -0.421. The van der Waals surface area contributed by atoms with Gasteiger partial charge in [0.05, 0.1) is 17.0 Å². The van der Waals surface area contributed by atoms with Gasteiger partial charge in [0.15, 0.2) is 0 Å². The monoisotopic (exact) mass is 413 g/mol. The third kappa shape index (κ3) is 4.45.